The van der Waals surface area contributed by atoms with Gasteiger partial charge in [-0.3, -0.25) is 4.79 Å². The molecule has 1 aromatic carbocycles. The maximum atomic E-state index is 11.6. The van der Waals surface area contributed by atoms with Gasteiger partial charge in [0, 0.05) is 10.9 Å². The van der Waals surface area contributed by atoms with E-state index >= 15 is 0 Å². The first kappa shape index (κ1) is 20.2. The fraction of sp³-hybridized carbons (Fsp3) is 0.571. The van der Waals surface area contributed by atoms with Crippen molar-refractivity contribution < 1.29 is 14.6 Å². The number of hydrogen-bond donors (Lipinski definition) is 1. The van der Waals surface area contributed by atoms with Crippen molar-refractivity contribution in [1.29, 1.82) is 0 Å². The molecule has 0 aliphatic carbocycles. The molecule has 2 rings (SSSR count). The summed E-state index contributed by atoms with van der Waals surface area (Å²) in [5, 5.41) is 10.2. The highest BCUT2D eigenvalue weighted by Crippen LogP contribution is 2.31. The van der Waals surface area contributed by atoms with E-state index in [4.69, 9.17) is 4.74 Å². The molecule has 1 aromatic rings. The van der Waals surface area contributed by atoms with E-state index < -0.39 is 6.10 Å². The number of hydrogen-bond acceptors (Lipinski definition) is 3. The zero-order valence-corrected chi connectivity index (χ0v) is 16.6. The lowest BCUT2D eigenvalue weighted by Crippen LogP contribution is -2.46. The number of cyclic esters (lactones) is 1. The van der Waals surface area contributed by atoms with Gasteiger partial charge in [0.1, 0.15) is 6.10 Å². The van der Waals surface area contributed by atoms with Gasteiger partial charge >= 0.3 is 5.97 Å². The zero-order valence-electron chi connectivity index (χ0n) is 15.0. The minimum atomic E-state index is -0.411. The van der Waals surface area contributed by atoms with Crippen LogP contribution in [-0.4, -0.2) is 23.3 Å². The number of allylic oxidation sites excluding steroid dienone is 1. The van der Waals surface area contributed by atoms with Gasteiger partial charge in [-0.1, -0.05) is 72.8 Å². The summed E-state index contributed by atoms with van der Waals surface area (Å²) in [7, 11) is 0. The molecule has 0 unspecified atom stereocenters. The molecule has 1 aliphatic rings. The first-order chi connectivity index (χ1) is 12.1. The summed E-state index contributed by atoms with van der Waals surface area (Å²) < 4.78 is 6.31. The smallest absolute Gasteiger partial charge is 0.313 e. The molecule has 1 fully saturated rings. The molecule has 0 spiro atoms. The molecular formula is C21H29BrO3. The van der Waals surface area contributed by atoms with Gasteiger partial charge in [-0.15, -0.1) is 0 Å². The van der Waals surface area contributed by atoms with Crippen LogP contribution in [0, 0.1) is 5.92 Å². The van der Waals surface area contributed by atoms with E-state index in [-0.39, 0.29) is 18.0 Å². The number of carbonyl (C=O) groups is 1. The SMILES string of the molecule is CCCCCC[C@@H]1C(=O)O[C@H]1C[C@H](O)CCC=Cc1ccc(Br)cc1. The summed E-state index contributed by atoms with van der Waals surface area (Å²) in [4.78, 5) is 11.6. The van der Waals surface area contributed by atoms with Crippen LogP contribution in [0.1, 0.15) is 63.9 Å². The van der Waals surface area contributed by atoms with Gasteiger partial charge in [-0.25, -0.2) is 0 Å². The number of aliphatic hydroxyl groups is 1. The Morgan fingerprint density at radius 1 is 1.24 bits per heavy atom. The minimum absolute atomic E-state index is 0.00446. The lowest BCUT2D eigenvalue weighted by molar-refractivity contribution is -0.188. The van der Waals surface area contributed by atoms with Crippen LogP contribution in [0.5, 0.6) is 0 Å². The van der Waals surface area contributed by atoms with Crippen LogP contribution >= 0.6 is 15.9 Å². The molecule has 0 saturated carbocycles. The summed E-state index contributed by atoms with van der Waals surface area (Å²) in [6.07, 6.45) is 11.3. The summed E-state index contributed by atoms with van der Waals surface area (Å²) in [5.74, 6) is -0.0753. The topological polar surface area (TPSA) is 46.5 Å². The third-order valence-corrected chi connectivity index (χ3v) is 5.27. The first-order valence-electron chi connectivity index (χ1n) is 9.40. The van der Waals surface area contributed by atoms with E-state index in [1.807, 2.05) is 24.3 Å². The minimum Gasteiger partial charge on any atom is -0.461 e. The third-order valence-electron chi connectivity index (χ3n) is 4.74. The van der Waals surface area contributed by atoms with Crippen LogP contribution in [0.3, 0.4) is 0 Å². The molecule has 1 saturated heterocycles. The van der Waals surface area contributed by atoms with Crippen molar-refractivity contribution in [2.75, 3.05) is 0 Å². The summed E-state index contributed by atoms with van der Waals surface area (Å²) >= 11 is 3.42. The largest absolute Gasteiger partial charge is 0.461 e. The van der Waals surface area contributed by atoms with Gasteiger partial charge in [-0.05, 0) is 37.0 Å². The molecule has 3 nitrogen and oxygen atoms in total. The monoisotopic (exact) mass is 408 g/mol. The lowest BCUT2D eigenvalue weighted by atomic mass is 9.87. The highest BCUT2D eigenvalue weighted by atomic mass is 79.9. The number of ether oxygens (including phenoxy) is 1. The third kappa shape index (κ3) is 6.95. The second-order valence-corrected chi connectivity index (χ2v) is 7.77. The Kier molecular flexibility index (Phi) is 8.70. The summed E-state index contributed by atoms with van der Waals surface area (Å²) in [5.41, 5.74) is 1.15. The second-order valence-electron chi connectivity index (χ2n) is 6.85. The van der Waals surface area contributed by atoms with Crippen molar-refractivity contribution in [3.05, 3.63) is 40.4 Å². The Labute approximate surface area is 159 Å². The van der Waals surface area contributed by atoms with Crippen LogP contribution < -0.4 is 0 Å². The molecule has 0 radical (unpaired) electrons. The van der Waals surface area contributed by atoms with E-state index in [9.17, 15) is 9.90 Å². The van der Waals surface area contributed by atoms with Crippen LogP contribution in [-0.2, 0) is 9.53 Å². The highest BCUT2D eigenvalue weighted by molar-refractivity contribution is 9.10. The molecule has 4 heteroatoms. The molecule has 138 valence electrons. The predicted molar refractivity (Wildman–Crippen MR) is 105 cm³/mol. The van der Waals surface area contributed by atoms with Crippen LogP contribution in [0.25, 0.3) is 6.08 Å². The van der Waals surface area contributed by atoms with Crippen molar-refractivity contribution in [1.82, 2.24) is 0 Å². The number of esters is 1. The van der Waals surface area contributed by atoms with E-state index in [1.54, 1.807) is 0 Å². The molecule has 1 heterocycles. The Morgan fingerprint density at radius 3 is 2.68 bits per heavy atom. The Hall–Kier alpha value is -1.13. The molecule has 0 bridgehead atoms. The highest BCUT2D eigenvalue weighted by Gasteiger charge is 2.42. The standard InChI is InChI=1S/C21H29BrO3/c1-2-3-4-5-10-19-20(25-21(19)24)15-18(23)9-7-6-8-16-11-13-17(22)14-12-16/h6,8,11-14,18-20,23H,2-5,7,9-10,15H2,1H3/t18-,19+,20+/m1/s1. The number of benzene rings is 1. The Morgan fingerprint density at radius 2 is 2.00 bits per heavy atom. The maximum absolute atomic E-state index is 11.6. The second kappa shape index (κ2) is 10.8. The van der Waals surface area contributed by atoms with E-state index in [0.29, 0.717) is 12.8 Å². The van der Waals surface area contributed by atoms with Gasteiger partial charge in [0.25, 0.3) is 0 Å². The van der Waals surface area contributed by atoms with Crippen molar-refractivity contribution in [2.45, 2.75) is 70.5 Å². The molecule has 25 heavy (non-hydrogen) atoms. The molecule has 3 atom stereocenters. The van der Waals surface area contributed by atoms with Gasteiger partial charge in [0.2, 0.25) is 0 Å². The van der Waals surface area contributed by atoms with Gasteiger partial charge in [0.05, 0.1) is 12.0 Å². The average molecular weight is 409 g/mol. The fourth-order valence-electron chi connectivity index (χ4n) is 3.17. The van der Waals surface area contributed by atoms with Crippen molar-refractivity contribution >= 4 is 28.0 Å². The molecule has 0 aromatic heterocycles. The van der Waals surface area contributed by atoms with Gasteiger partial charge in [0.15, 0.2) is 0 Å². The van der Waals surface area contributed by atoms with Crippen LogP contribution in [0.15, 0.2) is 34.8 Å². The van der Waals surface area contributed by atoms with Gasteiger partial charge in [-0.2, -0.15) is 0 Å². The predicted octanol–water partition coefficient (Wildman–Crippen LogP) is 5.51. The van der Waals surface area contributed by atoms with E-state index in [0.717, 1.165) is 29.3 Å². The number of carbonyl (C=O) groups excluding carboxylic acids is 1. The first-order valence-corrected chi connectivity index (χ1v) is 10.2. The molecule has 1 aliphatic heterocycles. The number of halogens is 1. The summed E-state index contributed by atoms with van der Waals surface area (Å²) in [6, 6.07) is 8.13. The Bertz CT molecular complexity index is 553. The van der Waals surface area contributed by atoms with Crippen molar-refractivity contribution in [3.8, 4) is 0 Å². The number of aliphatic hydroxyl groups excluding tert-OH is 1. The zero-order chi connectivity index (χ0) is 18.1. The fourth-order valence-corrected chi connectivity index (χ4v) is 3.44. The Balaban J connectivity index is 1.64. The van der Waals surface area contributed by atoms with E-state index in [2.05, 4.69) is 35.0 Å². The molecule has 1 N–H and O–H groups in total. The van der Waals surface area contributed by atoms with Crippen LogP contribution in [0.2, 0.25) is 0 Å². The van der Waals surface area contributed by atoms with E-state index in [1.165, 1.54) is 19.3 Å². The van der Waals surface area contributed by atoms with Crippen LogP contribution in [0.4, 0.5) is 0 Å². The normalized spacial score (nSPS) is 21.2. The summed E-state index contributed by atoms with van der Waals surface area (Å²) in [6.45, 7) is 2.18. The lowest BCUT2D eigenvalue weighted by Gasteiger charge is -2.36. The maximum Gasteiger partial charge on any atom is 0.313 e. The molecular weight excluding hydrogens is 380 g/mol. The number of unbranched alkanes of at least 4 members (excludes halogenated alkanes) is 3. The number of rotatable bonds is 11. The van der Waals surface area contributed by atoms with Crippen molar-refractivity contribution in [3.63, 3.8) is 0 Å². The van der Waals surface area contributed by atoms with Crippen molar-refractivity contribution in [2.24, 2.45) is 5.92 Å². The quantitative estimate of drug-likeness (QED) is 0.388. The van der Waals surface area contributed by atoms with Gasteiger partial charge < -0.3 is 9.84 Å². The average Bonchev–Trinajstić information content (AvgIpc) is 2.59. The molecule has 0 amide bonds.